The number of ether oxygens (including phenoxy) is 1. The number of benzene rings is 2. The molecule has 0 unspecified atom stereocenters. The number of hydrogen-bond acceptors (Lipinski definition) is 2. The molecule has 2 aromatic rings. The molecule has 0 bridgehead atoms. The molecule has 1 saturated heterocycles. The van der Waals surface area contributed by atoms with E-state index >= 15 is 0 Å². The molecule has 2 nitrogen and oxygen atoms in total. The quantitative estimate of drug-likeness (QED) is 0.811. The van der Waals surface area contributed by atoms with Gasteiger partial charge in [-0.05, 0) is 36.3 Å². The summed E-state index contributed by atoms with van der Waals surface area (Å²) in [5, 5.41) is 0. The van der Waals surface area contributed by atoms with E-state index in [2.05, 4.69) is 65.6 Å². The summed E-state index contributed by atoms with van der Waals surface area (Å²) >= 11 is 0. The molecule has 0 radical (unpaired) electrons. The lowest BCUT2D eigenvalue weighted by atomic mass is 9.83. The van der Waals surface area contributed by atoms with Crippen LogP contribution in [-0.2, 0) is 10.3 Å². The van der Waals surface area contributed by atoms with Gasteiger partial charge in [0.2, 0.25) is 0 Å². The Morgan fingerprint density at radius 2 is 1.46 bits per heavy atom. The van der Waals surface area contributed by atoms with Gasteiger partial charge in [0.1, 0.15) is 5.60 Å². The van der Waals surface area contributed by atoms with Crippen LogP contribution in [0.3, 0.4) is 0 Å². The average Bonchev–Trinajstić information content (AvgIpc) is 3.45. The first-order valence-electron chi connectivity index (χ1n) is 8.84. The van der Waals surface area contributed by atoms with Crippen LogP contribution in [0.25, 0.3) is 0 Å². The van der Waals surface area contributed by atoms with Crippen LogP contribution in [0, 0.1) is 5.92 Å². The number of halogens is 1. The second kappa shape index (κ2) is 7.69. The molecule has 128 valence electrons. The van der Waals surface area contributed by atoms with Gasteiger partial charge in [0.15, 0.2) is 0 Å². The molecule has 0 atom stereocenters. The number of rotatable bonds is 4. The molecule has 1 heterocycles. The Morgan fingerprint density at radius 3 is 2.00 bits per heavy atom. The van der Waals surface area contributed by atoms with Crippen molar-refractivity contribution in [3.8, 4) is 0 Å². The molecule has 1 aliphatic heterocycles. The summed E-state index contributed by atoms with van der Waals surface area (Å²) in [4.78, 5) is 2.60. The minimum absolute atomic E-state index is 0. The summed E-state index contributed by atoms with van der Waals surface area (Å²) in [5.41, 5.74) is 2.25. The summed E-state index contributed by atoms with van der Waals surface area (Å²) in [6.07, 6.45) is 3.85. The molecule has 1 aliphatic carbocycles. The van der Waals surface area contributed by atoms with Crippen molar-refractivity contribution < 1.29 is 4.74 Å². The molecule has 0 N–H and O–H groups in total. The minimum atomic E-state index is -0.305. The SMILES string of the molecule is Cl.c1ccc(C2(c3ccccc3)CCN(CC3CC3)CCO2)cc1. The normalized spacial score (nSPS) is 20.8. The largest absolute Gasteiger partial charge is 0.364 e. The van der Waals surface area contributed by atoms with Crippen molar-refractivity contribution in [3.63, 3.8) is 0 Å². The highest BCUT2D eigenvalue weighted by Gasteiger charge is 2.38. The van der Waals surface area contributed by atoms with Crippen molar-refractivity contribution in [2.75, 3.05) is 26.2 Å². The molecule has 24 heavy (non-hydrogen) atoms. The number of nitrogens with zero attached hydrogens (tertiary/aromatic N) is 1. The highest BCUT2D eigenvalue weighted by molar-refractivity contribution is 5.85. The Bertz CT molecular complexity index is 587. The summed E-state index contributed by atoms with van der Waals surface area (Å²) in [6.45, 7) is 4.22. The molecule has 2 aliphatic rings. The molecule has 0 spiro atoms. The van der Waals surface area contributed by atoms with Crippen LogP contribution >= 0.6 is 12.4 Å². The van der Waals surface area contributed by atoms with Crippen molar-refractivity contribution in [3.05, 3.63) is 71.8 Å². The lowest BCUT2D eigenvalue weighted by Crippen LogP contribution is -2.32. The second-order valence-electron chi connectivity index (χ2n) is 6.90. The lowest BCUT2D eigenvalue weighted by molar-refractivity contribution is -0.0101. The van der Waals surface area contributed by atoms with E-state index in [4.69, 9.17) is 4.74 Å². The fraction of sp³-hybridized carbons (Fsp3) is 0.429. The van der Waals surface area contributed by atoms with E-state index in [0.29, 0.717) is 0 Å². The average molecular weight is 344 g/mol. The predicted molar refractivity (Wildman–Crippen MR) is 101 cm³/mol. The smallest absolute Gasteiger partial charge is 0.119 e. The van der Waals surface area contributed by atoms with Gasteiger partial charge in [-0.1, -0.05) is 60.7 Å². The van der Waals surface area contributed by atoms with Gasteiger partial charge in [0.25, 0.3) is 0 Å². The first kappa shape index (κ1) is 17.5. The summed E-state index contributed by atoms with van der Waals surface area (Å²) in [7, 11) is 0. The topological polar surface area (TPSA) is 12.5 Å². The first-order chi connectivity index (χ1) is 11.4. The maximum Gasteiger partial charge on any atom is 0.119 e. The fourth-order valence-corrected chi connectivity index (χ4v) is 3.73. The van der Waals surface area contributed by atoms with E-state index in [1.165, 1.54) is 30.5 Å². The van der Waals surface area contributed by atoms with Gasteiger partial charge in [-0.15, -0.1) is 12.4 Å². The second-order valence-corrected chi connectivity index (χ2v) is 6.90. The minimum Gasteiger partial charge on any atom is -0.364 e. The van der Waals surface area contributed by atoms with Gasteiger partial charge < -0.3 is 9.64 Å². The van der Waals surface area contributed by atoms with Gasteiger partial charge in [-0.3, -0.25) is 0 Å². The number of hydrogen-bond donors (Lipinski definition) is 0. The van der Waals surface area contributed by atoms with E-state index in [9.17, 15) is 0 Å². The molecule has 0 aromatic heterocycles. The molecular weight excluding hydrogens is 318 g/mol. The third kappa shape index (κ3) is 3.66. The standard InChI is InChI=1S/C21H25NO.ClH/c1-3-7-19(8-4-1)21(20-9-5-2-6-10-20)13-14-22(15-16-23-21)17-18-11-12-18;/h1-10,18H,11-17H2;1H. The van der Waals surface area contributed by atoms with Crippen LogP contribution in [0.15, 0.2) is 60.7 Å². The van der Waals surface area contributed by atoms with E-state index in [-0.39, 0.29) is 18.0 Å². The summed E-state index contributed by atoms with van der Waals surface area (Å²) < 4.78 is 6.55. The van der Waals surface area contributed by atoms with Crippen molar-refractivity contribution in [2.45, 2.75) is 24.9 Å². The molecule has 1 saturated carbocycles. The summed E-state index contributed by atoms with van der Waals surface area (Å²) in [6, 6.07) is 21.5. The molecule has 4 rings (SSSR count). The fourth-order valence-electron chi connectivity index (χ4n) is 3.73. The van der Waals surface area contributed by atoms with Crippen molar-refractivity contribution >= 4 is 12.4 Å². The molecule has 3 heteroatoms. The van der Waals surface area contributed by atoms with E-state index < -0.39 is 0 Å². The van der Waals surface area contributed by atoms with Crippen LogP contribution in [0.1, 0.15) is 30.4 Å². The van der Waals surface area contributed by atoms with Crippen LogP contribution < -0.4 is 0 Å². The van der Waals surface area contributed by atoms with E-state index in [1.54, 1.807) is 0 Å². The molecule has 0 amide bonds. The van der Waals surface area contributed by atoms with Gasteiger partial charge in [0.05, 0.1) is 6.61 Å². The summed E-state index contributed by atoms with van der Waals surface area (Å²) in [5.74, 6) is 0.941. The first-order valence-corrected chi connectivity index (χ1v) is 8.84. The predicted octanol–water partition coefficient (Wildman–Crippen LogP) is 4.48. The van der Waals surface area contributed by atoms with Crippen molar-refractivity contribution in [1.29, 1.82) is 0 Å². The van der Waals surface area contributed by atoms with Crippen LogP contribution in [0.5, 0.6) is 0 Å². The molecule has 2 fully saturated rings. The Balaban J connectivity index is 0.00000169. The van der Waals surface area contributed by atoms with Crippen LogP contribution in [0.2, 0.25) is 0 Å². The van der Waals surface area contributed by atoms with Gasteiger partial charge in [0, 0.05) is 19.6 Å². The zero-order valence-corrected chi connectivity index (χ0v) is 14.9. The third-order valence-electron chi connectivity index (χ3n) is 5.23. The van der Waals surface area contributed by atoms with E-state index in [0.717, 1.165) is 32.0 Å². The monoisotopic (exact) mass is 343 g/mol. The van der Waals surface area contributed by atoms with Crippen molar-refractivity contribution in [1.82, 2.24) is 4.90 Å². The molecular formula is C21H26ClNO. The van der Waals surface area contributed by atoms with E-state index in [1.807, 2.05) is 0 Å². The van der Waals surface area contributed by atoms with Crippen LogP contribution in [-0.4, -0.2) is 31.1 Å². The van der Waals surface area contributed by atoms with Gasteiger partial charge >= 0.3 is 0 Å². The van der Waals surface area contributed by atoms with Crippen LogP contribution in [0.4, 0.5) is 0 Å². The Labute approximate surface area is 151 Å². The lowest BCUT2D eigenvalue weighted by Gasteiger charge is -2.34. The Morgan fingerprint density at radius 1 is 0.875 bits per heavy atom. The molecule has 2 aromatic carbocycles. The zero-order chi connectivity index (χ0) is 15.5. The maximum absolute atomic E-state index is 6.55. The zero-order valence-electron chi connectivity index (χ0n) is 14.1. The Hall–Kier alpha value is -1.35. The third-order valence-corrected chi connectivity index (χ3v) is 5.23. The highest BCUT2D eigenvalue weighted by Crippen LogP contribution is 2.39. The van der Waals surface area contributed by atoms with Gasteiger partial charge in [-0.2, -0.15) is 0 Å². The highest BCUT2D eigenvalue weighted by atomic mass is 35.5. The van der Waals surface area contributed by atoms with Gasteiger partial charge in [-0.25, -0.2) is 0 Å². The Kier molecular flexibility index (Phi) is 5.60. The van der Waals surface area contributed by atoms with Crippen molar-refractivity contribution in [2.24, 2.45) is 5.92 Å². The maximum atomic E-state index is 6.55.